The Morgan fingerprint density at radius 1 is 0.917 bits per heavy atom. The summed E-state index contributed by atoms with van der Waals surface area (Å²) in [5.41, 5.74) is 13.0. The minimum absolute atomic E-state index is 0.218. The summed E-state index contributed by atoms with van der Waals surface area (Å²) in [5.74, 6) is -0.425. The van der Waals surface area contributed by atoms with Gasteiger partial charge in [-0.25, -0.2) is 10.5 Å². The zero-order valence-corrected chi connectivity index (χ0v) is 20.2. The van der Waals surface area contributed by atoms with E-state index in [0.29, 0.717) is 56.9 Å². The van der Waals surface area contributed by atoms with Crippen molar-refractivity contribution in [2.75, 3.05) is 11.5 Å². The van der Waals surface area contributed by atoms with E-state index in [1.54, 1.807) is 30.3 Å². The molecule has 36 heavy (non-hydrogen) atoms. The number of nitrogen functional groups attached to an aromatic ring is 2. The van der Waals surface area contributed by atoms with E-state index in [4.69, 9.17) is 31.9 Å². The van der Waals surface area contributed by atoms with Crippen molar-refractivity contribution in [3.05, 3.63) is 64.6 Å². The van der Waals surface area contributed by atoms with Crippen molar-refractivity contribution < 1.29 is 47.0 Å². The Morgan fingerprint density at radius 3 is 2.28 bits per heavy atom. The van der Waals surface area contributed by atoms with Crippen LogP contribution in [-0.4, -0.2) is 35.0 Å². The largest absolute Gasteiger partial charge is 0.399 e. The van der Waals surface area contributed by atoms with Crippen molar-refractivity contribution in [3.8, 4) is 0 Å². The maximum Gasteiger partial charge on any atom is 0.295 e. The molecule has 0 aromatic heterocycles. The molecule has 1 aliphatic carbocycles. The standard InChI is InChI=1S/C10H8N2O4S.C10H9NO6S2/c11-6-1-2-7-5(3-6)4-8(17-16-15-14)9(12)10(7)13;11-8-5-4-6-7(10(8)18-17-16-12)2-1-3-9(6)19(13,14)15/h1-4,12,14H,11H2;1-5,12H,11H2,(H,13,14,15). The van der Waals surface area contributed by atoms with Crippen molar-refractivity contribution in [2.24, 2.45) is 0 Å². The van der Waals surface area contributed by atoms with Crippen LogP contribution >= 0.6 is 24.1 Å². The molecule has 0 saturated heterocycles. The van der Waals surface area contributed by atoms with Crippen LogP contribution in [0.4, 0.5) is 11.4 Å². The van der Waals surface area contributed by atoms with Crippen LogP contribution < -0.4 is 11.5 Å². The molecular weight excluding hydrogens is 538 g/mol. The highest BCUT2D eigenvalue weighted by Crippen LogP contribution is 2.36. The van der Waals surface area contributed by atoms with Crippen molar-refractivity contribution in [3.63, 3.8) is 0 Å². The molecule has 1 aliphatic rings. The van der Waals surface area contributed by atoms with Gasteiger partial charge >= 0.3 is 0 Å². The molecule has 0 unspecified atom stereocenters. The second-order valence-electron chi connectivity index (χ2n) is 6.82. The molecule has 0 heterocycles. The normalized spacial score (nSPS) is 13.1. The zero-order chi connectivity index (χ0) is 26.5. The van der Waals surface area contributed by atoms with E-state index in [1.807, 2.05) is 0 Å². The Morgan fingerprint density at radius 2 is 1.61 bits per heavy atom. The van der Waals surface area contributed by atoms with Crippen molar-refractivity contribution in [1.82, 2.24) is 0 Å². The van der Waals surface area contributed by atoms with Gasteiger partial charge < -0.3 is 11.5 Å². The fourth-order valence-corrected chi connectivity index (χ4v) is 4.86. The molecule has 0 amide bonds. The van der Waals surface area contributed by atoms with Gasteiger partial charge in [0, 0.05) is 27.7 Å². The Labute approximate surface area is 212 Å². The van der Waals surface area contributed by atoms with Crippen molar-refractivity contribution in [1.29, 1.82) is 5.41 Å². The first kappa shape index (κ1) is 27.6. The Bertz CT molecular complexity index is 1460. The number of benzene rings is 3. The number of hydrogen-bond donors (Lipinski definition) is 6. The number of nitrogens with two attached hydrogens (primary N) is 2. The van der Waals surface area contributed by atoms with E-state index < -0.39 is 15.9 Å². The van der Waals surface area contributed by atoms with Crippen molar-refractivity contribution >= 4 is 73.9 Å². The fourth-order valence-electron chi connectivity index (χ4n) is 3.17. The van der Waals surface area contributed by atoms with Crippen molar-refractivity contribution in [2.45, 2.75) is 9.79 Å². The number of anilines is 2. The molecule has 0 saturated carbocycles. The quantitative estimate of drug-likeness (QED) is 0.0797. The molecule has 3 aromatic rings. The summed E-state index contributed by atoms with van der Waals surface area (Å²) in [5, 5.41) is 31.5. The van der Waals surface area contributed by atoms with Gasteiger partial charge in [-0.1, -0.05) is 28.3 Å². The van der Waals surface area contributed by atoms with Gasteiger partial charge in [0.05, 0.1) is 33.9 Å². The highest BCUT2D eigenvalue weighted by molar-refractivity contribution is 7.99. The van der Waals surface area contributed by atoms with E-state index in [-0.39, 0.29) is 20.9 Å². The molecule has 16 heteroatoms. The van der Waals surface area contributed by atoms with Crippen LogP contribution in [0.1, 0.15) is 15.9 Å². The first-order valence-electron chi connectivity index (χ1n) is 9.41. The molecule has 4 rings (SSSR count). The average Bonchev–Trinajstić information content (AvgIpc) is 2.84. The first-order chi connectivity index (χ1) is 17.1. The Kier molecular flexibility index (Phi) is 9.03. The molecular formula is C20H17N3O10S3. The second kappa shape index (κ2) is 11.8. The lowest BCUT2D eigenvalue weighted by Gasteiger charge is -2.14. The topological polar surface area (TPSA) is 225 Å². The molecule has 190 valence electrons. The maximum atomic E-state index is 11.8. The van der Waals surface area contributed by atoms with Crippen LogP contribution in [0.25, 0.3) is 16.8 Å². The molecule has 0 aliphatic heterocycles. The van der Waals surface area contributed by atoms with E-state index in [2.05, 4.69) is 18.7 Å². The number of hydrogen-bond acceptors (Lipinski definition) is 14. The fraction of sp³-hybridized carbons (Fsp3) is 0. The van der Waals surface area contributed by atoms with Gasteiger partial charge in [0.2, 0.25) is 5.78 Å². The smallest absolute Gasteiger partial charge is 0.295 e. The van der Waals surface area contributed by atoms with Crippen LogP contribution in [0.5, 0.6) is 0 Å². The molecule has 0 atom stereocenters. The highest BCUT2D eigenvalue weighted by Gasteiger charge is 2.25. The molecule has 8 N–H and O–H groups in total. The third kappa shape index (κ3) is 6.20. The number of ketones is 1. The lowest BCUT2D eigenvalue weighted by atomic mass is 9.94. The van der Waals surface area contributed by atoms with Gasteiger partial charge in [-0.3, -0.25) is 14.8 Å². The SMILES string of the molecule is N=C1C(=O)c2ccc(N)cc2C=C1SOOO.Nc1ccc2c(S(=O)(=O)O)cccc2c1SOOO. The molecule has 13 nitrogen and oxygen atoms in total. The lowest BCUT2D eigenvalue weighted by Crippen LogP contribution is -2.19. The summed E-state index contributed by atoms with van der Waals surface area (Å²) < 4.78 is 40.2. The van der Waals surface area contributed by atoms with E-state index in [9.17, 15) is 13.2 Å². The van der Waals surface area contributed by atoms with Crippen LogP contribution in [0.3, 0.4) is 0 Å². The summed E-state index contributed by atoms with van der Waals surface area (Å²) in [7, 11) is -4.35. The van der Waals surface area contributed by atoms with E-state index in [1.165, 1.54) is 24.3 Å². The number of carbonyl (C=O) groups excluding carboxylic acids is 1. The first-order valence-corrected chi connectivity index (χ1v) is 12.3. The minimum Gasteiger partial charge on any atom is -0.399 e. The van der Waals surface area contributed by atoms with Gasteiger partial charge in [-0.05, 0) is 42.0 Å². The number of nitrogens with one attached hydrogen (secondary N) is 1. The van der Waals surface area contributed by atoms with Crippen LogP contribution in [0.2, 0.25) is 0 Å². The molecule has 3 aromatic carbocycles. The number of allylic oxidation sites excluding steroid dienone is 1. The Balaban J connectivity index is 0.000000202. The number of fused-ring (bicyclic) bond motifs is 2. The lowest BCUT2D eigenvalue weighted by molar-refractivity contribution is -0.432. The summed E-state index contributed by atoms with van der Waals surface area (Å²) >= 11 is 1.20. The van der Waals surface area contributed by atoms with Crippen LogP contribution in [-0.2, 0) is 28.9 Å². The third-order valence-electron chi connectivity index (χ3n) is 4.66. The number of carbonyl (C=O) groups is 1. The van der Waals surface area contributed by atoms with Gasteiger partial charge in [-0.15, -0.1) is 8.67 Å². The summed E-state index contributed by atoms with van der Waals surface area (Å²) in [6.45, 7) is 0. The predicted octanol–water partition coefficient (Wildman–Crippen LogP) is 3.99. The maximum absolute atomic E-state index is 11.8. The summed E-state index contributed by atoms with van der Waals surface area (Å²) in [6.07, 6.45) is 1.57. The predicted molar refractivity (Wildman–Crippen MR) is 132 cm³/mol. The zero-order valence-electron chi connectivity index (χ0n) is 17.8. The summed E-state index contributed by atoms with van der Waals surface area (Å²) in [6, 6.07) is 12.0. The van der Waals surface area contributed by atoms with Crippen LogP contribution in [0, 0.1) is 5.41 Å². The summed E-state index contributed by atoms with van der Waals surface area (Å²) in [4.78, 5) is 12.2. The number of rotatable bonds is 7. The molecule has 0 fully saturated rings. The van der Waals surface area contributed by atoms with E-state index in [0.717, 1.165) is 0 Å². The molecule has 0 bridgehead atoms. The Hall–Kier alpha value is -3.03. The van der Waals surface area contributed by atoms with Gasteiger partial charge in [0.1, 0.15) is 10.6 Å². The second-order valence-corrected chi connectivity index (χ2v) is 9.67. The monoisotopic (exact) mass is 555 g/mol. The number of Topliss-reactive ketones (excluding diaryl/α,β-unsaturated/α-hetero) is 1. The minimum atomic E-state index is -4.35. The molecule has 0 spiro atoms. The average molecular weight is 556 g/mol. The van der Waals surface area contributed by atoms with E-state index >= 15 is 0 Å². The van der Waals surface area contributed by atoms with Gasteiger partial charge in [-0.2, -0.15) is 8.42 Å². The molecule has 0 radical (unpaired) electrons. The van der Waals surface area contributed by atoms with Gasteiger partial charge in [0.15, 0.2) is 0 Å². The van der Waals surface area contributed by atoms with Crippen LogP contribution in [0.15, 0.2) is 63.2 Å². The highest BCUT2D eigenvalue weighted by atomic mass is 32.2. The van der Waals surface area contributed by atoms with Gasteiger partial charge in [0.25, 0.3) is 10.1 Å². The third-order valence-corrected chi connectivity index (χ3v) is 6.96.